The molecule has 0 bridgehead atoms. The fourth-order valence-electron chi connectivity index (χ4n) is 2.58. The summed E-state index contributed by atoms with van der Waals surface area (Å²) >= 11 is 6.13. The van der Waals surface area contributed by atoms with E-state index >= 15 is 0 Å². The molecule has 0 saturated carbocycles. The molecule has 0 aliphatic carbocycles. The van der Waals surface area contributed by atoms with Crippen LogP contribution in [0.1, 0.15) is 16.1 Å². The van der Waals surface area contributed by atoms with E-state index in [4.69, 9.17) is 21.1 Å². The number of amides is 1. The molecular weight excluding hydrogens is 382 g/mol. The molecule has 0 radical (unpaired) electrons. The number of halogens is 1. The average Bonchev–Trinajstić information content (AvgIpc) is 2.70. The summed E-state index contributed by atoms with van der Waals surface area (Å²) in [6.45, 7) is 0.262. The van der Waals surface area contributed by atoms with Gasteiger partial charge in [0.05, 0.1) is 31.5 Å². The Kier molecular flexibility index (Phi) is 5.96. The van der Waals surface area contributed by atoms with Crippen molar-refractivity contribution < 1.29 is 14.3 Å². The number of aromatic nitrogens is 2. The third kappa shape index (κ3) is 4.32. The van der Waals surface area contributed by atoms with Gasteiger partial charge in [0, 0.05) is 12.1 Å². The number of anilines is 1. The molecule has 1 N–H and O–H groups in total. The summed E-state index contributed by atoms with van der Waals surface area (Å²) < 4.78 is 11.7. The van der Waals surface area contributed by atoms with E-state index in [-0.39, 0.29) is 17.8 Å². The third-order valence-electron chi connectivity index (χ3n) is 4.00. The Morgan fingerprint density at radius 2 is 1.79 bits per heavy atom. The molecule has 0 unspecified atom stereocenters. The summed E-state index contributed by atoms with van der Waals surface area (Å²) in [6, 6.07) is 15.2. The van der Waals surface area contributed by atoms with Gasteiger partial charge in [0.15, 0.2) is 0 Å². The lowest BCUT2D eigenvalue weighted by Crippen LogP contribution is -2.26. The Bertz CT molecular complexity index is 1050. The van der Waals surface area contributed by atoms with Crippen molar-refractivity contribution in [2.24, 2.45) is 0 Å². The van der Waals surface area contributed by atoms with Crippen molar-refractivity contribution in [1.82, 2.24) is 9.78 Å². The van der Waals surface area contributed by atoms with Gasteiger partial charge in [0.1, 0.15) is 17.2 Å². The highest BCUT2D eigenvalue weighted by Gasteiger charge is 2.15. The molecular formula is C20H18ClN3O4. The van der Waals surface area contributed by atoms with Crippen LogP contribution in [0.2, 0.25) is 5.02 Å². The van der Waals surface area contributed by atoms with Crippen molar-refractivity contribution >= 4 is 23.2 Å². The molecule has 7 nitrogen and oxygen atoms in total. The lowest BCUT2D eigenvalue weighted by molar-refractivity contribution is 0.101. The first-order valence-electron chi connectivity index (χ1n) is 8.37. The maximum absolute atomic E-state index is 12.6. The van der Waals surface area contributed by atoms with E-state index in [1.54, 1.807) is 6.07 Å². The molecule has 1 aromatic heterocycles. The zero-order valence-electron chi connectivity index (χ0n) is 15.3. The minimum atomic E-state index is -0.499. The fraction of sp³-hybridized carbons (Fsp3) is 0.150. The molecule has 1 heterocycles. The van der Waals surface area contributed by atoms with E-state index in [0.29, 0.717) is 22.2 Å². The molecule has 28 heavy (non-hydrogen) atoms. The Morgan fingerprint density at radius 1 is 1.07 bits per heavy atom. The number of rotatable bonds is 6. The van der Waals surface area contributed by atoms with E-state index in [1.807, 2.05) is 30.3 Å². The fourth-order valence-corrected chi connectivity index (χ4v) is 2.82. The van der Waals surface area contributed by atoms with Gasteiger partial charge in [-0.3, -0.25) is 9.59 Å². The molecule has 0 aliphatic heterocycles. The van der Waals surface area contributed by atoms with Gasteiger partial charge in [0.2, 0.25) is 0 Å². The Balaban J connectivity index is 1.86. The maximum Gasteiger partial charge on any atom is 0.276 e. The van der Waals surface area contributed by atoms with Gasteiger partial charge in [0.25, 0.3) is 11.5 Å². The van der Waals surface area contributed by atoms with Crippen molar-refractivity contribution in [3.05, 3.63) is 81.2 Å². The van der Waals surface area contributed by atoms with Crippen LogP contribution in [0.25, 0.3) is 0 Å². The molecule has 0 atom stereocenters. The van der Waals surface area contributed by atoms with Gasteiger partial charge in [-0.25, -0.2) is 4.68 Å². The zero-order chi connectivity index (χ0) is 20.1. The lowest BCUT2D eigenvalue weighted by Gasteiger charge is -2.13. The SMILES string of the molecule is COc1cc(OC)c(NC(=O)c2ccc(=O)n(Cc3ccccc3)n2)cc1Cl. The number of nitrogens with zero attached hydrogens (tertiary/aromatic N) is 2. The number of ether oxygens (including phenoxy) is 2. The van der Waals surface area contributed by atoms with E-state index in [1.165, 1.54) is 37.1 Å². The molecule has 1 amide bonds. The van der Waals surface area contributed by atoms with Gasteiger partial charge >= 0.3 is 0 Å². The summed E-state index contributed by atoms with van der Waals surface area (Å²) in [5.41, 5.74) is 1.05. The summed E-state index contributed by atoms with van der Waals surface area (Å²) in [4.78, 5) is 24.7. The second kappa shape index (κ2) is 8.58. The molecule has 2 aromatic carbocycles. The number of carbonyl (C=O) groups excluding carboxylic acids is 1. The Morgan fingerprint density at radius 3 is 2.46 bits per heavy atom. The van der Waals surface area contributed by atoms with E-state index in [2.05, 4.69) is 10.4 Å². The first-order valence-corrected chi connectivity index (χ1v) is 8.74. The van der Waals surface area contributed by atoms with Crippen LogP contribution < -0.4 is 20.3 Å². The zero-order valence-corrected chi connectivity index (χ0v) is 16.1. The van der Waals surface area contributed by atoms with Crippen molar-refractivity contribution in [3.8, 4) is 11.5 Å². The van der Waals surface area contributed by atoms with E-state index < -0.39 is 5.91 Å². The standard InChI is InChI=1S/C20H18ClN3O4/c1-27-17-11-18(28-2)16(10-14(17)21)22-20(26)15-8-9-19(25)24(23-15)12-13-6-4-3-5-7-13/h3-11H,12H2,1-2H3,(H,22,26). The van der Waals surface area contributed by atoms with Crippen LogP contribution in [-0.2, 0) is 6.54 Å². The summed E-state index contributed by atoms with van der Waals surface area (Å²) in [7, 11) is 2.95. The van der Waals surface area contributed by atoms with Crippen molar-refractivity contribution in [1.29, 1.82) is 0 Å². The predicted molar refractivity (Wildman–Crippen MR) is 107 cm³/mol. The van der Waals surface area contributed by atoms with Gasteiger partial charge in [-0.15, -0.1) is 0 Å². The molecule has 0 spiro atoms. The molecule has 3 rings (SSSR count). The topological polar surface area (TPSA) is 82.5 Å². The molecule has 0 fully saturated rings. The van der Waals surface area contributed by atoms with Crippen LogP contribution in [0.3, 0.4) is 0 Å². The van der Waals surface area contributed by atoms with Crippen LogP contribution in [0.5, 0.6) is 11.5 Å². The number of hydrogen-bond donors (Lipinski definition) is 1. The summed E-state index contributed by atoms with van der Waals surface area (Å²) in [6.07, 6.45) is 0. The van der Waals surface area contributed by atoms with Crippen LogP contribution in [0.4, 0.5) is 5.69 Å². The van der Waals surface area contributed by atoms with Crippen molar-refractivity contribution in [2.45, 2.75) is 6.54 Å². The average molecular weight is 400 g/mol. The minimum absolute atomic E-state index is 0.0875. The van der Waals surface area contributed by atoms with Crippen molar-refractivity contribution in [3.63, 3.8) is 0 Å². The smallest absolute Gasteiger partial charge is 0.276 e. The van der Waals surface area contributed by atoms with Crippen LogP contribution in [0, 0.1) is 0 Å². The highest BCUT2D eigenvalue weighted by atomic mass is 35.5. The molecule has 8 heteroatoms. The van der Waals surface area contributed by atoms with Gasteiger partial charge in [-0.05, 0) is 17.7 Å². The lowest BCUT2D eigenvalue weighted by atomic mass is 10.2. The Labute approximate surface area is 166 Å². The number of hydrogen-bond acceptors (Lipinski definition) is 5. The summed E-state index contributed by atoms with van der Waals surface area (Å²) in [5, 5.41) is 7.19. The van der Waals surface area contributed by atoms with Gasteiger partial charge in [-0.1, -0.05) is 41.9 Å². The Hall–Kier alpha value is -3.32. The third-order valence-corrected chi connectivity index (χ3v) is 4.29. The maximum atomic E-state index is 12.6. The van der Waals surface area contributed by atoms with Crippen molar-refractivity contribution in [2.75, 3.05) is 19.5 Å². The highest BCUT2D eigenvalue weighted by molar-refractivity contribution is 6.32. The van der Waals surface area contributed by atoms with Crippen LogP contribution in [-0.4, -0.2) is 29.9 Å². The van der Waals surface area contributed by atoms with Gasteiger partial charge < -0.3 is 14.8 Å². The normalized spacial score (nSPS) is 10.4. The number of nitrogens with one attached hydrogen (secondary N) is 1. The number of methoxy groups -OCH3 is 2. The number of benzene rings is 2. The first kappa shape index (κ1) is 19.4. The summed E-state index contributed by atoms with van der Waals surface area (Å²) in [5.74, 6) is 0.305. The number of carbonyl (C=O) groups is 1. The molecule has 3 aromatic rings. The highest BCUT2D eigenvalue weighted by Crippen LogP contribution is 2.36. The van der Waals surface area contributed by atoms with Crippen LogP contribution >= 0.6 is 11.6 Å². The minimum Gasteiger partial charge on any atom is -0.495 e. The molecule has 0 saturated heterocycles. The second-order valence-corrected chi connectivity index (χ2v) is 6.25. The van der Waals surface area contributed by atoms with E-state index in [9.17, 15) is 9.59 Å². The molecule has 0 aliphatic rings. The predicted octanol–water partition coefficient (Wildman–Crippen LogP) is 3.21. The first-order chi connectivity index (χ1) is 13.5. The largest absolute Gasteiger partial charge is 0.495 e. The van der Waals surface area contributed by atoms with Crippen LogP contribution in [0.15, 0.2) is 59.4 Å². The molecule has 144 valence electrons. The van der Waals surface area contributed by atoms with Gasteiger partial charge in [-0.2, -0.15) is 5.10 Å². The quantitative estimate of drug-likeness (QED) is 0.688. The monoisotopic (exact) mass is 399 g/mol. The van der Waals surface area contributed by atoms with E-state index in [0.717, 1.165) is 5.56 Å². The second-order valence-electron chi connectivity index (χ2n) is 5.84.